The maximum absolute atomic E-state index is 13.0. The predicted octanol–water partition coefficient (Wildman–Crippen LogP) is 6.88. The summed E-state index contributed by atoms with van der Waals surface area (Å²) < 4.78 is -1.35. The molecule has 2 atom stereocenters. The normalized spacial score (nSPS) is 17.8. The average molecular weight is 569 g/mol. The Morgan fingerprint density at radius 3 is 2.29 bits per heavy atom. The number of nitrogen functional groups attached to an aromatic ring is 1. The van der Waals surface area contributed by atoms with Crippen molar-refractivity contribution < 1.29 is 9.59 Å². The van der Waals surface area contributed by atoms with E-state index in [-0.39, 0.29) is 21.8 Å². The van der Waals surface area contributed by atoms with Crippen molar-refractivity contribution in [2.75, 3.05) is 16.4 Å². The zero-order valence-corrected chi connectivity index (χ0v) is 21.4. The number of carbonyl (C=O) groups excluding carboxylic acids is 2. The SMILES string of the molecule is N#Cc1cc(N)ccc1NC(=O)c1cc(NC(=O)C2C(c3cc(Cl)cc(Cl)c3)C2(Cl)Cl)ccc1Cl. The summed E-state index contributed by atoms with van der Waals surface area (Å²) in [5.74, 6) is -2.32. The van der Waals surface area contributed by atoms with Crippen molar-refractivity contribution in [3.8, 4) is 6.07 Å². The van der Waals surface area contributed by atoms with E-state index < -0.39 is 28.0 Å². The number of hydrogen-bond acceptors (Lipinski definition) is 4. The van der Waals surface area contributed by atoms with E-state index >= 15 is 0 Å². The first-order valence-electron chi connectivity index (χ1n) is 10.1. The lowest BCUT2D eigenvalue weighted by Crippen LogP contribution is -2.18. The highest BCUT2D eigenvalue weighted by atomic mass is 35.5. The Kier molecular flexibility index (Phi) is 7.10. The number of nitrogens with two attached hydrogens (primary N) is 1. The number of carbonyl (C=O) groups is 2. The van der Waals surface area contributed by atoms with Crippen molar-refractivity contribution in [1.29, 1.82) is 5.26 Å². The molecule has 11 heteroatoms. The van der Waals surface area contributed by atoms with E-state index in [2.05, 4.69) is 10.6 Å². The Labute approximate surface area is 225 Å². The van der Waals surface area contributed by atoms with E-state index in [1.54, 1.807) is 30.3 Å². The molecule has 0 saturated heterocycles. The molecule has 4 N–H and O–H groups in total. The van der Waals surface area contributed by atoms with Gasteiger partial charge in [-0.3, -0.25) is 9.59 Å². The van der Waals surface area contributed by atoms with Crippen LogP contribution in [0.2, 0.25) is 15.1 Å². The number of alkyl halides is 2. The van der Waals surface area contributed by atoms with Crippen LogP contribution in [0.3, 0.4) is 0 Å². The van der Waals surface area contributed by atoms with Crippen LogP contribution in [0.5, 0.6) is 0 Å². The molecule has 0 spiro atoms. The number of nitrogens with zero attached hydrogens (tertiary/aromatic N) is 1. The monoisotopic (exact) mass is 566 g/mol. The fraction of sp³-hybridized carbons (Fsp3) is 0.125. The number of rotatable bonds is 5. The van der Waals surface area contributed by atoms with E-state index in [1.807, 2.05) is 6.07 Å². The van der Waals surface area contributed by atoms with Crippen LogP contribution < -0.4 is 16.4 Å². The summed E-state index contributed by atoms with van der Waals surface area (Å²) in [6.07, 6.45) is 0. The van der Waals surface area contributed by atoms with Gasteiger partial charge in [0.25, 0.3) is 5.91 Å². The van der Waals surface area contributed by atoms with E-state index in [0.29, 0.717) is 27.0 Å². The lowest BCUT2D eigenvalue weighted by Gasteiger charge is -2.11. The van der Waals surface area contributed by atoms with Crippen molar-refractivity contribution in [2.24, 2.45) is 5.92 Å². The van der Waals surface area contributed by atoms with Gasteiger partial charge in [0.15, 0.2) is 0 Å². The molecular weight excluding hydrogens is 554 g/mol. The van der Waals surface area contributed by atoms with Crippen molar-refractivity contribution in [1.82, 2.24) is 0 Å². The highest BCUT2D eigenvalue weighted by molar-refractivity contribution is 6.53. The molecule has 0 bridgehead atoms. The summed E-state index contributed by atoms with van der Waals surface area (Å²) in [6.45, 7) is 0. The zero-order chi connectivity index (χ0) is 25.5. The number of anilines is 3. The lowest BCUT2D eigenvalue weighted by molar-refractivity contribution is -0.117. The Hall–Kier alpha value is -2.66. The van der Waals surface area contributed by atoms with Crippen molar-refractivity contribution in [3.63, 3.8) is 0 Å². The fourth-order valence-corrected chi connectivity index (χ4v) is 5.35. The van der Waals surface area contributed by atoms with Crippen LogP contribution in [0.1, 0.15) is 27.4 Å². The Balaban J connectivity index is 1.53. The maximum atomic E-state index is 13.0. The first-order valence-corrected chi connectivity index (χ1v) is 12.0. The van der Waals surface area contributed by atoms with Gasteiger partial charge in [-0.25, -0.2) is 0 Å². The molecular formula is C24H15Cl5N4O2. The third-order valence-corrected chi connectivity index (χ3v) is 7.18. The first kappa shape index (κ1) is 25.4. The third kappa shape index (κ3) is 5.30. The fourth-order valence-electron chi connectivity index (χ4n) is 3.77. The second-order valence-corrected chi connectivity index (χ2v) is 10.6. The standard InChI is InChI=1S/C24H15Cl5N4O2/c25-13-5-11(6-14(26)8-13)20-21(24(20,28)29)23(35)32-16-2-3-18(27)17(9-16)22(34)33-19-4-1-15(31)7-12(19)10-30/h1-9,20-21H,31H2,(H,32,35)(H,33,34). The number of nitriles is 1. The zero-order valence-electron chi connectivity index (χ0n) is 17.6. The average Bonchev–Trinajstić information content (AvgIpc) is 3.37. The Morgan fingerprint density at radius 2 is 1.63 bits per heavy atom. The second kappa shape index (κ2) is 9.77. The quantitative estimate of drug-likeness (QED) is 0.230. The number of hydrogen-bond donors (Lipinski definition) is 3. The number of halogens is 5. The van der Waals surface area contributed by atoms with Crippen LogP contribution in [0.25, 0.3) is 0 Å². The van der Waals surface area contributed by atoms with Gasteiger partial charge in [-0.05, 0) is 60.2 Å². The minimum atomic E-state index is -1.35. The Bertz CT molecular complexity index is 1380. The molecule has 35 heavy (non-hydrogen) atoms. The molecule has 4 rings (SSSR count). The van der Waals surface area contributed by atoms with Gasteiger partial charge in [-0.2, -0.15) is 5.26 Å². The van der Waals surface area contributed by atoms with Crippen molar-refractivity contribution in [2.45, 2.75) is 10.3 Å². The topological polar surface area (TPSA) is 108 Å². The molecule has 2 unspecified atom stereocenters. The minimum Gasteiger partial charge on any atom is -0.399 e. The molecule has 3 aromatic rings. The van der Waals surface area contributed by atoms with Crippen LogP contribution in [-0.2, 0) is 4.79 Å². The summed E-state index contributed by atoms with van der Waals surface area (Å²) in [5, 5.41) is 15.6. The minimum absolute atomic E-state index is 0.0853. The molecule has 0 radical (unpaired) electrons. The molecule has 6 nitrogen and oxygen atoms in total. The number of nitrogens with one attached hydrogen (secondary N) is 2. The lowest BCUT2D eigenvalue weighted by atomic mass is 10.1. The summed E-state index contributed by atoms with van der Waals surface area (Å²) in [4.78, 5) is 25.8. The molecule has 178 valence electrons. The van der Waals surface area contributed by atoms with Crippen LogP contribution >= 0.6 is 58.0 Å². The maximum Gasteiger partial charge on any atom is 0.257 e. The third-order valence-electron chi connectivity index (χ3n) is 5.47. The Morgan fingerprint density at radius 1 is 0.943 bits per heavy atom. The van der Waals surface area contributed by atoms with Crippen LogP contribution in [0.15, 0.2) is 54.6 Å². The van der Waals surface area contributed by atoms with E-state index in [0.717, 1.165) is 0 Å². The molecule has 3 aromatic carbocycles. The van der Waals surface area contributed by atoms with Gasteiger partial charge in [-0.1, -0.05) is 34.8 Å². The van der Waals surface area contributed by atoms with E-state index in [4.69, 9.17) is 63.7 Å². The van der Waals surface area contributed by atoms with Crippen molar-refractivity contribution in [3.05, 3.63) is 86.4 Å². The van der Waals surface area contributed by atoms with Gasteiger partial charge >= 0.3 is 0 Å². The van der Waals surface area contributed by atoms with Gasteiger partial charge in [0, 0.05) is 27.3 Å². The van der Waals surface area contributed by atoms with Gasteiger partial charge in [0.05, 0.1) is 27.8 Å². The summed E-state index contributed by atoms with van der Waals surface area (Å²) in [7, 11) is 0. The van der Waals surface area contributed by atoms with Crippen LogP contribution in [0, 0.1) is 17.2 Å². The van der Waals surface area contributed by atoms with E-state index in [1.165, 1.54) is 24.3 Å². The number of benzene rings is 3. The second-order valence-electron chi connectivity index (χ2n) is 7.89. The van der Waals surface area contributed by atoms with Crippen LogP contribution in [0.4, 0.5) is 17.1 Å². The van der Waals surface area contributed by atoms with Crippen LogP contribution in [-0.4, -0.2) is 16.1 Å². The highest BCUT2D eigenvalue weighted by Gasteiger charge is 2.67. The van der Waals surface area contributed by atoms with Gasteiger partial charge < -0.3 is 16.4 Å². The molecule has 0 aromatic heterocycles. The molecule has 0 aliphatic heterocycles. The summed E-state index contributed by atoms with van der Waals surface area (Å²) >= 11 is 31.2. The predicted molar refractivity (Wildman–Crippen MR) is 141 cm³/mol. The summed E-state index contributed by atoms with van der Waals surface area (Å²) in [5.41, 5.74) is 7.57. The van der Waals surface area contributed by atoms with Crippen molar-refractivity contribution >= 4 is 86.9 Å². The van der Waals surface area contributed by atoms with Gasteiger partial charge in [0.1, 0.15) is 10.4 Å². The molecule has 1 saturated carbocycles. The van der Waals surface area contributed by atoms with Gasteiger partial charge in [0.2, 0.25) is 5.91 Å². The number of amides is 2. The summed E-state index contributed by atoms with van der Waals surface area (Å²) in [6, 6.07) is 15.8. The molecule has 1 aliphatic carbocycles. The largest absolute Gasteiger partial charge is 0.399 e. The first-order chi connectivity index (χ1) is 16.5. The van der Waals surface area contributed by atoms with Gasteiger partial charge in [-0.15, -0.1) is 23.2 Å². The smallest absolute Gasteiger partial charge is 0.257 e. The molecule has 1 aliphatic rings. The van der Waals surface area contributed by atoms with E-state index in [9.17, 15) is 14.9 Å². The molecule has 1 fully saturated rings. The highest BCUT2D eigenvalue weighted by Crippen LogP contribution is 2.65. The molecule has 0 heterocycles. The molecule has 2 amide bonds.